The lowest BCUT2D eigenvalue weighted by Gasteiger charge is -2.33. The van der Waals surface area contributed by atoms with Crippen LogP contribution in [-0.4, -0.2) is 24.8 Å². The highest BCUT2D eigenvalue weighted by atomic mass is 32.2. The average molecular weight is 211 g/mol. The fourth-order valence-electron chi connectivity index (χ4n) is 2.02. The van der Waals surface area contributed by atoms with E-state index < -0.39 is 0 Å². The van der Waals surface area contributed by atoms with Crippen LogP contribution in [0.5, 0.6) is 0 Å². The zero-order valence-electron chi connectivity index (χ0n) is 8.75. The lowest BCUT2D eigenvalue weighted by molar-refractivity contribution is 0.280. The van der Waals surface area contributed by atoms with E-state index in [2.05, 4.69) is 30.5 Å². The largest absolute Gasteiger partial charge is 0.497 e. The molecule has 0 aromatic rings. The van der Waals surface area contributed by atoms with Gasteiger partial charge in [0.2, 0.25) is 0 Å². The maximum absolute atomic E-state index is 5.28. The Hall–Kier alpha value is -0.410. The van der Waals surface area contributed by atoms with Gasteiger partial charge in [0, 0.05) is 17.7 Å². The lowest BCUT2D eigenvalue weighted by atomic mass is 9.83. The normalized spacial score (nSPS) is 37.0. The van der Waals surface area contributed by atoms with Gasteiger partial charge in [-0.15, -0.1) is 11.8 Å². The molecule has 1 aliphatic heterocycles. The number of thioether (sulfide) groups is 1. The number of ether oxygens (including phenoxy) is 1. The van der Waals surface area contributed by atoms with Crippen molar-refractivity contribution in [3.8, 4) is 0 Å². The molecule has 1 fully saturated rings. The topological polar surface area (TPSA) is 21.3 Å². The van der Waals surface area contributed by atoms with Gasteiger partial charge in [-0.1, -0.05) is 13.0 Å². The number of nitrogens with one attached hydrogen (secondary N) is 1. The maximum Gasteiger partial charge on any atom is 0.115 e. The fraction of sp³-hybridized carbons (Fsp3) is 0.636. The Balaban J connectivity index is 2.15. The first kappa shape index (κ1) is 10.1. The van der Waals surface area contributed by atoms with Gasteiger partial charge in [-0.05, 0) is 18.6 Å². The summed E-state index contributed by atoms with van der Waals surface area (Å²) < 4.78 is 5.28. The Bertz CT molecular complexity index is 268. The molecule has 2 aliphatic rings. The third kappa shape index (κ3) is 1.84. The summed E-state index contributed by atoms with van der Waals surface area (Å²) in [4.78, 5) is 0. The molecule has 2 rings (SSSR count). The van der Waals surface area contributed by atoms with Crippen LogP contribution in [0.2, 0.25) is 0 Å². The summed E-state index contributed by atoms with van der Waals surface area (Å²) in [6.45, 7) is 3.43. The van der Waals surface area contributed by atoms with Gasteiger partial charge in [-0.25, -0.2) is 0 Å². The minimum atomic E-state index is 0.210. The fourth-order valence-corrected chi connectivity index (χ4v) is 3.27. The third-order valence-corrected chi connectivity index (χ3v) is 4.34. The molecule has 1 saturated heterocycles. The highest BCUT2D eigenvalue weighted by Crippen LogP contribution is 2.39. The molecule has 1 heterocycles. The van der Waals surface area contributed by atoms with Crippen molar-refractivity contribution in [1.82, 2.24) is 5.32 Å². The average Bonchev–Trinajstić information content (AvgIpc) is 2.71. The number of rotatable bonds is 2. The highest BCUT2D eigenvalue weighted by Gasteiger charge is 2.35. The van der Waals surface area contributed by atoms with Gasteiger partial charge in [0.1, 0.15) is 5.76 Å². The molecule has 2 nitrogen and oxygen atoms in total. The first-order valence-electron chi connectivity index (χ1n) is 5.03. The molecular weight excluding hydrogens is 194 g/mol. The van der Waals surface area contributed by atoms with Crippen LogP contribution in [0.15, 0.2) is 24.0 Å². The van der Waals surface area contributed by atoms with Crippen molar-refractivity contribution in [2.45, 2.75) is 18.7 Å². The molecule has 2 atom stereocenters. The van der Waals surface area contributed by atoms with E-state index in [-0.39, 0.29) is 5.41 Å². The van der Waals surface area contributed by atoms with Crippen molar-refractivity contribution in [2.24, 2.45) is 5.41 Å². The Morgan fingerprint density at radius 1 is 1.64 bits per heavy atom. The van der Waals surface area contributed by atoms with Crippen LogP contribution in [0.25, 0.3) is 0 Å². The molecule has 14 heavy (non-hydrogen) atoms. The first-order valence-corrected chi connectivity index (χ1v) is 6.08. The van der Waals surface area contributed by atoms with E-state index in [0.717, 1.165) is 18.7 Å². The summed E-state index contributed by atoms with van der Waals surface area (Å²) in [7, 11) is 1.73. The lowest BCUT2D eigenvalue weighted by Crippen LogP contribution is -2.37. The van der Waals surface area contributed by atoms with E-state index in [0.29, 0.717) is 5.37 Å². The standard InChI is InChI=1S/C11H17NOS/c1-11(10-12-6-7-14-10)5-3-4-9(8-11)13-2/h3-4,8,10,12H,5-7H2,1-2H3. The molecule has 78 valence electrons. The molecule has 0 saturated carbocycles. The van der Waals surface area contributed by atoms with Crippen molar-refractivity contribution in [3.05, 3.63) is 24.0 Å². The van der Waals surface area contributed by atoms with E-state index in [9.17, 15) is 0 Å². The Kier molecular flexibility index (Phi) is 2.88. The molecule has 0 amide bonds. The van der Waals surface area contributed by atoms with Crippen LogP contribution >= 0.6 is 11.8 Å². The van der Waals surface area contributed by atoms with Crippen molar-refractivity contribution in [3.63, 3.8) is 0 Å². The monoisotopic (exact) mass is 211 g/mol. The van der Waals surface area contributed by atoms with Gasteiger partial charge in [0.25, 0.3) is 0 Å². The van der Waals surface area contributed by atoms with Crippen molar-refractivity contribution in [1.29, 1.82) is 0 Å². The molecule has 0 spiro atoms. The van der Waals surface area contributed by atoms with Crippen LogP contribution in [0.4, 0.5) is 0 Å². The quantitative estimate of drug-likeness (QED) is 0.756. The summed E-state index contributed by atoms with van der Waals surface area (Å²) in [6, 6.07) is 0. The van der Waals surface area contributed by atoms with E-state index >= 15 is 0 Å². The second-order valence-electron chi connectivity index (χ2n) is 4.07. The predicted octanol–water partition coefficient (Wildman–Crippen LogP) is 2.15. The van der Waals surface area contributed by atoms with Gasteiger partial charge in [-0.3, -0.25) is 0 Å². The second-order valence-corrected chi connectivity index (χ2v) is 5.28. The summed E-state index contributed by atoms with van der Waals surface area (Å²) in [5.74, 6) is 2.22. The van der Waals surface area contributed by atoms with Gasteiger partial charge in [-0.2, -0.15) is 0 Å². The van der Waals surface area contributed by atoms with Crippen molar-refractivity contribution < 1.29 is 4.74 Å². The molecule has 1 aliphatic carbocycles. The van der Waals surface area contributed by atoms with E-state index in [1.165, 1.54) is 5.75 Å². The number of methoxy groups -OCH3 is 1. The van der Waals surface area contributed by atoms with Gasteiger partial charge < -0.3 is 10.1 Å². The minimum Gasteiger partial charge on any atom is -0.497 e. The highest BCUT2D eigenvalue weighted by molar-refractivity contribution is 8.00. The van der Waals surface area contributed by atoms with E-state index in [1.54, 1.807) is 7.11 Å². The van der Waals surface area contributed by atoms with E-state index in [4.69, 9.17) is 4.74 Å². The first-order chi connectivity index (χ1) is 6.74. The molecule has 0 aromatic carbocycles. The molecule has 0 bridgehead atoms. The van der Waals surface area contributed by atoms with Crippen LogP contribution < -0.4 is 5.32 Å². The summed E-state index contributed by atoms with van der Waals surface area (Å²) in [5.41, 5.74) is 0.210. The zero-order valence-corrected chi connectivity index (χ0v) is 9.56. The molecular formula is C11H17NOS. The van der Waals surface area contributed by atoms with Crippen LogP contribution in [-0.2, 0) is 4.74 Å². The van der Waals surface area contributed by atoms with Gasteiger partial charge in [0.05, 0.1) is 12.5 Å². The van der Waals surface area contributed by atoms with E-state index in [1.807, 2.05) is 11.8 Å². The minimum absolute atomic E-state index is 0.210. The molecule has 0 radical (unpaired) electrons. The SMILES string of the molecule is COC1=CC(C)(C2NCCS2)CC=C1. The molecule has 1 N–H and O–H groups in total. The Morgan fingerprint density at radius 2 is 2.50 bits per heavy atom. The molecule has 3 heteroatoms. The summed E-state index contributed by atoms with van der Waals surface area (Å²) >= 11 is 2.02. The Morgan fingerprint density at radius 3 is 3.14 bits per heavy atom. The predicted molar refractivity (Wildman–Crippen MR) is 61.2 cm³/mol. The van der Waals surface area contributed by atoms with Crippen molar-refractivity contribution >= 4 is 11.8 Å². The molecule has 0 aromatic heterocycles. The number of allylic oxidation sites excluding steroid dienone is 2. The Labute approximate surface area is 89.8 Å². The third-order valence-electron chi connectivity index (χ3n) is 2.86. The second kappa shape index (κ2) is 3.99. The number of hydrogen-bond donors (Lipinski definition) is 1. The van der Waals surface area contributed by atoms with Crippen LogP contribution in [0.3, 0.4) is 0 Å². The number of hydrogen-bond acceptors (Lipinski definition) is 3. The van der Waals surface area contributed by atoms with Crippen LogP contribution in [0.1, 0.15) is 13.3 Å². The summed E-state index contributed by atoms with van der Waals surface area (Å²) in [5, 5.41) is 4.08. The zero-order chi connectivity index (χ0) is 10.0. The molecule has 2 unspecified atom stereocenters. The van der Waals surface area contributed by atoms with Gasteiger partial charge in [0.15, 0.2) is 0 Å². The van der Waals surface area contributed by atoms with Crippen molar-refractivity contribution in [2.75, 3.05) is 19.4 Å². The maximum atomic E-state index is 5.28. The van der Waals surface area contributed by atoms with Gasteiger partial charge >= 0.3 is 0 Å². The smallest absolute Gasteiger partial charge is 0.115 e. The van der Waals surface area contributed by atoms with Crippen LogP contribution in [0, 0.1) is 5.41 Å². The summed E-state index contributed by atoms with van der Waals surface area (Å²) in [6.07, 6.45) is 7.62.